The van der Waals surface area contributed by atoms with Crippen LogP contribution in [0.5, 0.6) is 0 Å². The summed E-state index contributed by atoms with van der Waals surface area (Å²) in [6.45, 7) is 7.52. The summed E-state index contributed by atoms with van der Waals surface area (Å²) in [5.41, 5.74) is 2.90. The SMILES string of the molecule is CCN(CC)C(=O)c1cc2cc(C)ccc2[nH]1. The van der Waals surface area contributed by atoms with Gasteiger partial charge in [-0.2, -0.15) is 0 Å². The minimum absolute atomic E-state index is 0.0730. The molecule has 1 N–H and O–H groups in total. The highest BCUT2D eigenvalue weighted by Crippen LogP contribution is 2.17. The average molecular weight is 230 g/mol. The van der Waals surface area contributed by atoms with Crippen molar-refractivity contribution < 1.29 is 4.79 Å². The Morgan fingerprint density at radius 3 is 2.59 bits per heavy atom. The number of aromatic nitrogens is 1. The molecule has 90 valence electrons. The van der Waals surface area contributed by atoms with E-state index < -0.39 is 0 Å². The Bertz CT molecular complexity index is 538. The lowest BCUT2D eigenvalue weighted by Crippen LogP contribution is -2.30. The number of hydrogen-bond acceptors (Lipinski definition) is 1. The van der Waals surface area contributed by atoms with Crippen molar-refractivity contribution in [3.05, 3.63) is 35.5 Å². The van der Waals surface area contributed by atoms with E-state index in [1.54, 1.807) is 0 Å². The van der Waals surface area contributed by atoms with Gasteiger partial charge in [-0.3, -0.25) is 4.79 Å². The number of aryl methyl sites for hydroxylation is 1. The first kappa shape index (κ1) is 11.7. The first-order valence-corrected chi connectivity index (χ1v) is 6.04. The molecule has 2 rings (SSSR count). The summed E-state index contributed by atoms with van der Waals surface area (Å²) in [5, 5.41) is 1.10. The maximum atomic E-state index is 12.2. The van der Waals surface area contributed by atoms with Crippen molar-refractivity contribution in [3.63, 3.8) is 0 Å². The molecule has 17 heavy (non-hydrogen) atoms. The van der Waals surface area contributed by atoms with E-state index in [4.69, 9.17) is 0 Å². The number of benzene rings is 1. The van der Waals surface area contributed by atoms with Crippen LogP contribution in [0.2, 0.25) is 0 Å². The molecule has 0 spiro atoms. The molecule has 1 aromatic carbocycles. The highest BCUT2D eigenvalue weighted by atomic mass is 16.2. The van der Waals surface area contributed by atoms with E-state index in [9.17, 15) is 4.79 Å². The van der Waals surface area contributed by atoms with E-state index >= 15 is 0 Å². The van der Waals surface area contributed by atoms with E-state index in [2.05, 4.69) is 18.0 Å². The Kier molecular flexibility index (Phi) is 3.18. The Morgan fingerprint density at radius 1 is 1.24 bits per heavy atom. The topological polar surface area (TPSA) is 36.1 Å². The van der Waals surface area contributed by atoms with Crippen molar-refractivity contribution in [1.82, 2.24) is 9.88 Å². The Balaban J connectivity index is 2.39. The third-order valence-corrected chi connectivity index (χ3v) is 3.06. The van der Waals surface area contributed by atoms with E-state index in [0.717, 1.165) is 24.0 Å². The molecule has 0 aliphatic carbocycles. The van der Waals surface area contributed by atoms with Crippen molar-refractivity contribution in [2.75, 3.05) is 13.1 Å². The minimum Gasteiger partial charge on any atom is -0.351 e. The molecule has 3 nitrogen and oxygen atoms in total. The summed E-state index contributed by atoms with van der Waals surface area (Å²) in [6, 6.07) is 8.09. The molecule has 3 heteroatoms. The van der Waals surface area contributed by atoms with Crippen LogP contribution in [0.3, 0.4) is 0 Å². The van der Waals surface area contributed by atoms with Crippen molar-refractivity contribution in [3.8, 4) is 0 Å². The summed E-state index contributed by atoms with van der Waals surface area (Å²) >= 11 is 0. The third kappa shape index (κ3) is 2.18. The van der Waals surface area contributed by atoms with E-state index in [0.29, 0.717) is 5.69 Å². The zero-order valence-corrected chi connectivity index (χ0v) is 10.6. The number of rotatable bonds is 3. The van der Waals surface area contributed by atoms with Gasteiger partial charge in [0.2, 0.25) is 0 Å². The quantitative estimate of drug-likeness (QED) is 0.864. The van der Waals surface area contributed by atoms with Gasteiger partial charge in [0.1, 0.15) is 5.69 Å². The highest BCUT2D eigenvalue weighted by molar-refractivity contribution is 5.98. The van der Waals surface area contributed by atoms with Crippen LogP contribution in [0, 0.1) is 6.92 Å². The van der Waals surface area contributed by atoms with Gasteiger partial charge >= 0.3 is 0 Å². The predicted octanol–water partition coefficient (Wildman–Crippen LogP) is 2.96. The number of fused-ring (bicyclic) bond motifs is 1. The molecule has 0 saturated carbocycles. The summed E-state index contributed by atoms with van der Waals surface area (Å²) in [6.07, 6.45) is 0. The molecule has 1 amide bonds. The summed E-state index contributed by atoms with van der Waals surface area (Å²) in [4.78, 5) is 17.2. The largest absolute Gasteiger partial charge is 0.351 e. The van der Waals surface area contributed by atoms with Crippen LogP contribution in [0.4, 0.5) is 0 Å². The highest BCUT2D eigenvalue weighted by Gasteiger charge is 2.14. The predicted molar refractivity (Wildman–Crippen MR) is 70.3 cm³/mol. The van der Waals surface area contributed by atoms with Crippen molar-refractivity contribution in [2.24, 2.45) is 0 Å². The fourth-order valence-electron chi connectivity index (χ4n) is 2.05. The molecule has 0 aliphatic heterocycles. The van der Waals surface area contributed by atoms with Crippen molar-refractivity contribution >= 4 is 16.8 Å². The molecule has 1 aromatic heterocycles. The standard InChI is InChI=1S/C14H18N2O/c1-4-16(5-2)14(17)13-9-11-8-10(3)6-7-12(11)15-13/h6-9,15H,4-5H2,1-3H3. The molecule has 0 aliphatic rings. The summed E-state index contributed by atoms with van der Waals surface area (Å²) in [5.74, 6) is 0.0730. The number of carbonyl (C=O) groups excluding carboxylic acids is 1. The molecule has 0 atom stereocenters. The lowest BCUT2D eigenvalue weighted by atomic mass is 10.2. The monoisotopic (exact) mass is 230 g/mol. The first-order valence-electron chi connectivity index (χ1n) is 6.04. The summed E-state index contributed by atoms with van der Waals surface area (Å²) < 4.78 is 0. The molecule has 0 radical (unpaired) electrons. The van der Waals surface area contributed by atoms with Crippen LogP contribution < -0.4 is 0 Å². The van der Waals surface area contributed by atoms with Crippen molar-refractivity contribution in [2.45, 2.75) is 20.8 Å². The van der Waals surface area contributed by atoms with Crippen molar-refractivity contribution in [1.29, 1.82) is 0 Å². The normalized spacial score (nSPS) is 10.8. The van der Waals surface area contributed by atoms with Gasteiger partial charge in [-0.05, 0) is 39.0 Å². The molecule has 0 fully saturated rings. The smallest absolute Gasteiger partial charge is 0.270 e. The minimum atomic E-state index is 0.0730. The number of nitrogens with one attached hydrogen (secondary N) is 1. The molecule has 0 saturated heterocycles. The first-order chi connectivity index (χ1) is 8.15. The van der Waals surface area contributed by atoms with Crippen LogP contribution in [0.1, 0.15) is 29.9 Å². The van der Waals surface area contributed by atoms with Gasteiger partial charge in [-0.15, -0.1) is 0 Å². The van der Waals surface area contributed by atoms with Gasteiger partial charge in [0.25, 0.3) is 5.91 Å². The molecule has 0 bridgehead atoms. The zero-order chi connectivity index (χ0) is 12.4. The van der Waals surface area contributed by atoms with Gasteiger partial charge in [-0.1, -0.05) is 11.6 Å². The zero-order valence-electron chi connectivity index (χ0n) is 10.6. The van der Waals surface area contributed by atoms with Crippen LogP contribution in [-0.4, -0.2) is 28.9 Å². The van der Waals surface area contributed by atoms with Crippen LogP contribution >= 0.6 is 0 Å². The number of hydrogen-bond donors (Lipinski definition) is 1. The van der Waals surface area contributed by atoms with E-state index in [-0.39, 0.29) is 5.91 Å². The molecular formula is C14H18N2O. The fraction of sp³-hybridized carbons (Fsp3) is 0.357. The third-order valence-electron chi connectivity index (χ3n) is 3.06. The average Bonchev–Trinajstić information content (AvgIpc) is 2.73. The second-order valence-electron chi connectivity index (χ2n) is 4.25. The number of carbonyl (C=O) groups is 1. The Morgan fingerprint density at radius 2 is 1.94 bits per heavy atom. The van der Waals surface area contributed by atoms with Crippen LogP contribution in [0.25, 0.3) is 10.9 Å². The molecule has 0 unspecified atom stereocenters. The molecule has 1 heterocycles. The Hall–Kier alpha value is -1.77. The van der Waals surface area contributed by atoms with Crippen LogP contribution in [0.15, 0.2) is 24.3 Å². The fourth-order valence-corrected chi connectivity index (χ4v) is 2.05. The summed E-state index contributed by atoms with van der Waals surface area (Å²) in [7, 11) is 0. The second-order valence-corrected chi connectivity index (χ2v) is 4.25. The van der Waals surface area contributed by atoms with E-state index in [1.807, 2.05) is 36.9 Å². The van der Waals surface area contributed by atoms with Gasteiger partial charge in [0.05, 0.1) is 0 Å². The maximum Gasteiger partial charge on any atom is 0.270 e. The maximum absolute atomic E-state index is 12.2. The lowest BCUT2D eigenvalue weighted by molar-refractivity contribution is 0.0768. The van der Waals surface area contributed by atoms with Gasteiger partial charge in [-0.25, -0.2) is 0 Å². The Labute approximate surface area is 101 Å². The van der Waals surface area contributed by atoms with E-state index in [1.165, 1.54) is 5.56 Å². The van der Waals surface area contributed by atoms with Gasteiger partial charge < -0.3 is 9.88 Å². The molecule has 2 aromatic rings. The second kappa shape index (κ2) is 4.62. The number of nitrogens with zero attached hydrogens (tertiary/aromatic N) is 1. The number of aromatic amines is 1. The van der Waals surface area contributed by atoms with Gasteiger partial charge in [0.15, 0.2) is 0 Å². The van der Waals surface area contributed by atoms with Gasteiger partial charge in [0, 0.05) is 24.0 Å². The lowest BCUT2D eigenvalue weighted by Gasteiger charge is -2.17. The number of amides is 1. The molecular weight excluding hydrogens is 212 g/mol. The number of H-pyrrole nitrogens is 1. The van der Waals surface area contributed by atoms with Crippen LogP contribution in [-0.2, 0) is 0 Å².